The Bertz CT molecular complexity index is 608. The van der Waals surface area contributed by atoms with Crippen LogP contribution < -0.4 is 0 Å². The van der Waals surface area contributed by atoms with E-state index in [-0.39, 0.29) is 11.8 Å². The number of hydrogen-bond acceptors (Lipinski definition) is 2. The summed E-state index contributed by atoms with van der Waals surface area (Å²) in [5.74, 6) is 1.08. The molecule has 0 N–H and O–H groups in total. The van der Waals surface area contributed by atoms with Gasteiger partial charge in [-0.2, -0.15) is 26.3 Å². The number of alkyl halides is 6. The van der Waals surface area contributed by atoms with Crippen LogP contribution in [0, 0.1) is 35.5 Å². The molecule has 2 nitrogen and oxygen atoms in total. The highest BCUT2D eigenvalue weighted by atomic mass is 19.4. The van der Waals surface area contributed by atoms with Gasteiger partial charge in [-0.1, -0.05) is 6.42 Å². The highest BCUT2D eigenvalue weighted by Crippen LogP contribution is 2.59. The third-order valence-corrected chi connectivity index (χ3v) is 9.00. The van der Waals surface area contributed by atoms with Gasteiger partial charge < -0.3 is 9.47 Å². The number of ether oxygens (including phenoxy) is 2. The van der Waals surface area contributed by atoms with E-state index in [1.165, 1.54) is 0 Å². The zero-order valence-corrected chi connectivity index (χ0v) is 17.0. The first kappa shape index (κ1) is 21.4. The molecule has 30 heavy (non-hydrogen) atoms. The zero-order chi connectivity index (χ0) is 21.4. The van der Waals surface area contributed by atoms with E-state index in [1.807, 2.05) is 0 Å². The maximum atomic E-state index is 14.0. The molecule has 8 heteroatoms. The number of rotatable bonds is 6. The quantitative estimate of drug-likeness (QED) is 0.341. The fourth-order valence-corrected chi connectivity index (χ4v) is 8.07. The van der Waals surface area contributed by atoms with E-state index in [9.17, 15) is 26.3 Å². The molecule has 0 radical (unpaired) electrons. The molecule has 0 amide bonds. The Labute approximate surface area is 173 Å². The molecule has 3 unspecified atom stereocenters. The molecule has 0 saturated heterocycles. The van der Waals surface area contributed by atoms with E-state index in [4.69, 9.17) is 9.47 Å². The third kappa shape index (κ3) is 3.48. The van der Waals surface area contributed by atoms with Crippen LogP contribution in [0.3, 0.4) is 0 Å². The van der Waals surface area contributed by atoms with Crippen LogP contribution in [0.25, 0.3) is 0 Å². The average molecular weight is 440 g/mol. The molecule has 0 aliphatic heterocycles. The minimum Gasteiger partial charge on any atom is -0.349 e. The lowest BCUT2D eigenvalue weighted by Gasteiger charge is -2.56. The van der Waals surface area contributed by atoms with Crippen LogP contribution in [0.5, 0.6) is 0 Å². The summed E-state index contributed by atoms with van der Waals surface area (Å²) >= 11 is 0. The maximum Gasteiger partial charge on any atom is 0.426 e. The Morgan fingerprint density at radius 2 is 1.27 bits per heavy atom. The molecule has 0 aromatic heterocycles. The molecule has 0 aromatic rings. The second kappa shape index (κ2) is 7.00. The van der Waals surface area contributed by atoms with Gasteiger partial charge in [0.15, 0.2) is 0 Å². The average Bonchev–Trinajstić information content (AvgIpc) is 3.20. The van der Waals surface area contributed by atoms with Crippen LogP contribution in [0.2, 0.25) is 0 Å². The normalized spacial score (nSPS) is 43.0. The van der Waals surface area contributed by atoms with Crippen molar-refractivity contribution in [3.63, 3.8) is 0 Å². The molecule has 172 valence electrons. The topological polar surface area (TPSA) is 18.5 Å². The van der Waals surface area contributed by atoms with Gasteiger partial charge in [-0.05, 0) is 99.7 Å². The molecule has 3 atom stereocenters. The predicted molar refractivity (Wildman–Crippen MR) is 96.3 cm³/mol. The van der Waals surface area contributed by atoms with Gasteiger partial charge in [-0.3, -0.25) is 0 Å². The summed E-state index contributed by atoms with van der Waals surface area (Å²) in [6.45, 7) is -0.938. The van der Waals surface area contributed by atoms with E-state index < -0.39 is 42.7 Å². The fourth-order valence-electron chi connectivity index (χ4n) is 8.07. The SMILES string of the molecule is FC(F)(F)C(CC1CC2CCC1C2)(OCOC12CC3CC(CC(C3)C1)C2)C(F)(F)F. The summed E-state index contributed by atoms with van der Waals surface area (Å²) in [5.41, 5.74) is -4.73. The number of hydrogen-bond donors (Lipinski definition) is 0. The van der Waals surface area contributed by atoms with E-state index in [0.717, 1.165) is 57.8 Å². The fraction of sp³-hybridized carbons (Fsp3) is 1.00. The minimum atomic E-state index is -5.53. The van der Waals surface area contributed by atoms with Gasteiger partial charge in [0, 0.05) is 0 Å². The van der Waals surface area contributed by atoms with Crippen molar-refractivity contribution >= 4 is 0 Å². The largest absolute Gasteiger partial charge is 0.426 e. The van der Waals surface area contributed by atoms with Crippen LogP contribution >= 0.6 is 0 Å². The predicted octanol–water partition coefficient (Wildman–Crippen LogP) is 6.64. The molecular formula is C22H30F6O2. The van der Waals surface area contributed by atoms with Crippen molar-refractivity contribution in [2.24, 2.45) is 35.5 Å². The van der Waals surface area contributed by atoms with E-state index in [2.05, 4.69) is 0 Å². The Hall–Kier alpha value is -0.500. The van der Waals surface area contributed by atoms with Crippen LogP contribution in [-0.4, -0.2) is 30.3 Å². The van der Waals surface area contributed by atoms with Gasteiger partial charge in [-0.25, -0.2) is 0 Å². The van der Waals surface area contributed by atoms with Gasteiger partial charge in [0.05, 0.1) is 5.60 Å². The van der Waals surface area contributed by atoms with E-state index in [0.29, 0.717) is 24.2 Å². The summed E-state index contributed by atoms with van der Waals surface area (Å²) in [6.07, 6.45) is -3.71. The van der Waals surface area contributed by atoms with E-state index in [1.54, 1.807) is 0 Å². The molecular weight excluding hydrogens is 410 g/mol. The van der Waals surface area contributed by atoms with Crippen molar-refractivity contribution < 1.29 is 35.8 Å². The van der Waals surface area contributed by atoms with Gasteiger partial charge in [0.1, 0.15) is 6.79 Å². The van der Waals surface area contributed by atoms with Crippen molar-refractivity contribution in [1.82, 2.24) is 0 Å². The Balaban J connectivity index is 1.32. The molecule has 0 aromatic carbocycles. The molecule has 6 aliphatic rings. The lowest BCUT2D eigenvalue weighted by atomic mass is 9.54. The highest BCUT2D eigenvalue weighted by Gasteiger charge is 2.73. The van der Waals surface area contributed by atoms with Crippen LogP contribution in [0.4, 0.5) is 26.3 Å². The molecule has 6 bridgehead atoms. The van der Waals surface area contributed by atoms with E-state index >= 15 is 0 Å². The first-order chi connectivity index (χ1) is 14.0. The van der Waals surface area contributed by atoms with Crippen molar-refractivity contribution in [3.05, 3.63) is 0 Å². The summed E-state index contributed by atoms with van der Waals surface area (Å²) in [6, 6.07) is 0. The van der Waals surface area contributed by atoms with Crippen LogP contribution in [0.1, 0.15) is 70.6 Å². The molecule has 0 spiro atoms. The van der Waals surface area contributed by atoms with Gasteiger partial charge >= 0.3 is 12.4 Å². The molecule has 6 fully saturated rings. The number of fused-ring (bicyclic) bond motifs is 2. The monoisotopic (exact) mass is 440 g/mol. The van der Waals surface area contributed by atoms with Gasteiger partial charge in [-0.15, -0.1) is 0 Å². The summed E-state index contributed by atoms with van der Waals surface area (Å²) in [5, 5.41) is 0. The Morgan fingerprint density at radius 3 is 1.70 bits per heavy atom. The van der Waals surface area contributed by atoms with Crippen LogP contribution in [0.15, 0.2) is 0 Å². The highest BCUT2D eigenvalue weighted by molar-refractivity contribution is 5.04. The minimum absolute atomic E-state index is 0.0493. The van der Waals surface area contributed by atoms with Gasteiger partial charge in [0.2, 0.25) is 0 Å². The molecule has 6 saturated carbocycles. The second-order valence-electron chi connectivity index (χ2n) is 11.0. The summed E-state index contributed by atoms with van der Waals surface area (Å²) in [7, 11) is 0. The van der Waals surface area contributed by atoms with Crippen molar-refractivity contribution in [1.29, 1.82) is 0 Å². The van der Waals surface area contributed by atoms with Crippen molar-refractivity contribution in [2.45, 2.75) is 94.2 Å². The molecule has 6 rings (SSSR count). The lowest BCUT2D eigenvalue weighted by Crippen LogP contribution is -2.61. The third-order valence-electron chi connectivity index (χ3n) is 9.00. The second-order valence-corrected chi connectivity index (χ2v) is 11.0. The Morgan fingerprint density at radius 1 is 0.700 bits per heavy atom. The molecule has 6 aliphatic carbocycles. The van der Waals surface area contributed by atoms with Crippen molar-refractivity contribution in [2.75, 3.05) is 6.79 Å². The van der Waals surface area contributed by atoms with Crippen molar-refractivity contribution in [3.8, 4) is 0 Å². The zero-order valence-electron chi connectivity index (χ0n) is 17.0. The standard InChI is InChI=1S/C22H30F6O2/c23-21(24,25)20(22(26,27)28,11-18-7-13-1-2-17(18)6-13)30-12-29-19-8-14-3-15(9-19)5-16(4-14)10-19/h13-18H,1-12H2. The van der Waals surface area contributed by atoms with Crippen LogP contribution in [-0.2, 0) is 9.47 Å². The molecule has 0 heterocycles. The summed E-state index contributed by atoms with van der Waals surface area (Å²) in [4.78, 5) is 0. The smallest absolute Gasteiger partial charge is 0.349 e. The summed E-state index contributed by atoms with van der Waals surface area (Å²) < 4.78 is 94.3. The van der Waals surface area contributed by atoms with Gasteiger partial charge in [0.25, 0.3) is 5.60 Å². The maximum absolute atomic E-state index is 14.0. The Kier molecular flexibility index (Phi) is 4.98. The first-order valence-corrected chi connectivity index (χ1v) is 11.4. The lowest BCUT2D eigenvalue weighted by molar-refractivity contribution is -0.404. The first-order valence-electron chi connectivity index (χ1n) is 11.4. The number of halogens is 6.